The largest absolute Gasteiger partial charge is 0.325 e. The van der Waals surface area contributed by atoms with E-state index < -0.39 is 16.1 Å². The number of nitrogens with zero attached hydrogens (tertiary/aromatic N) is 3. The third-order valence-electron chi connectivity index (χ3n) is 5.88. The van der Waals surface area contributed by atoms with E-state index in [1.165, 1.54) is 10.4 Å². The Kier molecular flexibility index (Phi) is 7.86. The lowest BCUT2D eigenvalue weighted by Gasteiger charge is -2.24. The molecule has 3 aromatic rings. The fraction of sp³-hybridized carbons (Fsp3) is 0.375. The quantitative estimate of drug-likeness (QED) is 0.482. The molecule has 0 unspecified atom stereocenters. The van der Waals surface area contributed by atoms with Crippen molar-refractivity contribution in [2.75, 3.05) is 25.5 Å². The standard InChI is InChI=1S/C24H31N5O4S/c1-6-29(7-2)34(32,33)21-14-18(13-12-16(21)3)25-23(30)17(4)28(5)15-22-26-20-11-9-8-10-19(20)24(31)27-22/h8-14,17H,6-7,15H2,1-5H3,(H,25,30)(H,26,27,31)/t17-/m0/s1. The molecule has 0 spiro atoms. The van der Waals surface area contributed by atoms with Gasteiger partial charge in [-0.05, 0) is 50.7 Å². The first-order chi connectivity index (χ1) is 16.1. The fourth-order valence-electron chi connectivity index (χ4n) is 3.69. The number of aromatic nitrogens is 2. The van der Waals surface area contributed by atoms with Gasteiger partial charge in [-0.2, -0.15) is 4.31 Å². The molecule has 0 aliphatic rings. The van der Waals surface area contributed by atoms with Crippen LogP contribution >= 0.6 is 0 Å². The van der Waals surface area contributed by atoms with Gasteiger partial charge < -0.3 is 10.3 Å². The van der Waals surface area contributed by atoms with E-state index >= 15 is 0 Å². The number of nitrogens with one attached hydrogen (secondary N) is 2. The van der Waals surface area contributed by atoms with Crippen molar-refractivity contribution in [3.63, 3.8) is 0 Å². The van der Waals surface area contributed by atoms with Gasteiger partial charge in [0.25, 0.3) is 5.56 Å². The molecule has 0 fully saturated rings. The van der Waals surface area contributed by atoms with Crippen LogP contribution in [-0.4, -0.2) is 59.7 Å². The van der Waals surface area contributed by atoms with Gasteiger partial charge in [0.1, 0.15) is 5.82 Å². The lowest BCUT2D eigenvalue weighted by Crippen LogP contribution is -2.39. The Balaban J connectivity index is 1.76. The zero-order valence-electron chi connectivity index (χ0n) is 20.1. The monoisotopic (exact) mass is 485 g/mol. The van der Waals surface area contributed by atoms with Crippen molar-refractivity contribution in [2.24, 2.45) is 0 Å². The summed E-state index contributed by atoms with van der Waals surface area (Å²) < 4.78 is 27.4. The van der Waals surface area contributed by atoms with E-state index in [4.69, 9.17) is 0 Å². The predicted molar refractivity (Wildman–Crippen MR) is 133 cm³/mol. The number of hydrogen-bond donors (Lipinski definition) is 2. The van der Waals surface area contributed by atoms with Crippen LogP contribution in [0, 0.1) is 6.92 Å². The summed E-state index contributed by atoms with van der Waals surface area (Å²) in [5.41, 5.74) is 1.38. The van der Waals surface area contributed by atoms with Crippen LogP contribution in [0.25, 0.3) is 10.9 Å². The molecule has 0 aliphatic heterocycles. The van der Waals surface area contributed by atoms with Gasteiger partial charge in [0, 0.05) is 18.8 Å². The Morgan fingerprint density at radius 1 is 1.15 bits per heavy atom. The molecule has 0 bridgehead atoms. The molecule has 2 N–H and O–H groups in total. The number of aromatic amines is 1. The van der Waals surface area contributed by atoms with Gasteiger partial charge in [-0.3, -0.25) is 14.5 Å². The third-order valence-corrected chi connectivity index (χ3v) is 8.07. The Morgan fingerprint density at radius 3 is 2.50 bits per heavy atom. The van der Waals surface area contributed by atoms with Crippen LogP contribution < -0.4 is 10.9 Å². The first-order valence-electron chi connectivity index (χ1n) is 11.2. The molecule has 0 saturated heterocycles. The van der Waals surface area contributed by atoms with Crippen molar-refractivity contribution < 1.29 is 13.2 Å². The lowest BCUT2D eigenvalue weighted by atomic mass is 10.2. The second-order valence-electron chi connectivity index (χ2n) is 8.18. The number of H-pyrrole nitrogens is 1. The lowest BCUT2D eigenvalue weighted by molar-refractivity contribution is -0.120. The van der Waals surface area contributed by atoms with Crippen LogP contribution in [-0.2, 0) is 21.4 Å². The van der Waals surface area contributed by atoms with Crippen molar-refractivity contribution in [3.05, 3.63) is 64.2 Å². The normalized spacial score (nSPS) is 12.9. The molecule has 1 aromatic heterocycles. The molecule has 0 aliphatic carbocycles. The minimum Gasteiger partial charge on any atom is -0.325 e. The summed E-state index contributed by atoms with van der Waals surface area (Å²) in [5, 5.41) is 3.32. The van der Waals surface area contributed by atoms with E-state index in [0.29, 0.717) is 41.1 Å². The number of anilines is 1. The Hall–Kier alpha value is -3.08. The van der Waals surface area contributed by atoms with Crippen LogP contribution in [0.1, 0.15) is 32.2 Å². The number of fused-ring (bicyclic) bond motifs is 1. The van der Waals surface area contributed by atoms with Gasteiger partial charge >= 0.3 is 0 Å². The summed E-state index contributed by atoms with van der Waals surface area (Å²) in [6.07, 6.45) is 0. The third kappa shape index (κ3) is 5.35. The summed E-state index contributed by atoms with van der Waals surface area (Å²) in [5.74, 6) is 0.148. The summed E-state index contributed by atoms with van der Waals surface area (Å²) in [4.78, 5) is 34.4. The van der Waals surface area contributed by atoms with E-state index in [1.54, 1.807) is 70.0 Å². The van der Waals surface area contributed by atoms with Gasteiger partial charge in [0.05, 0.1) is 28.4 Å². The molecule has 3 rings (SSSR count). The topological polar surface area (TPSA) is 115 Å². The smallest absolute Gasteiger partial charge is 0.258 e. The van der Waals surface area contributed by atoms with Crippen molar-refractivity contribution in [1.82, 2.24) is 19.2 Å². The highest BCUT2D eigenvalue weighted by Crippen LogP contribution is 2.24. The van der Waals surface area contributed by atoms with Gasteiger partial charge in [-0.25, -0.2) is 13.4 Å². The van der Waals surface area contributed by atoms with Crippen molar-refractivity contribution in [3.8, 4) is 0 Å². The Morgan fingerprint density at radius 2 is 1.82 bits per heavy atom. The van der Waals surface area contributed by atoms with Gasteiger partial charge in [0.15, 0.2) is 0 Å². The first-order valence-corrected chi connectivity index (χ1v) is 12.6. The summed E-state index contributed by atoms with van der Waals surface area (Å²) in [6, 6.07) is 11.4. The van der Waals surface area contributed by atoms with Gasteiger partial charge in [-0.1, -0.05) is 32.0 Å². The molecule has 2 aromatic carbocycles. The molecule has 1 heterocycles. The maximum absolute atomic E-state index is 13.0. The SMILES string of the molecule is CCN(CC)S(=O)(=O)c1cc(NC(=O)[C@H](C)N(C)Cc2nc3ccccc3c(=O)[nH]2)ccc1C. The number of amides is 1. The number of carbonyl (C=O) groups is 1. The van der Waals surface area contributed by atoms with Crippen LogP contribution in [0.3, 0.4) is 0 Å². The fourth-order valence-corrected chi connectivity index (χ4v) is 5.40. The van der Waals surface area contributed by atoms with Crippen LogP contribution in [0.2, 0.25) is 0 Å². The Bertz CT molecular complexity index is 1350. The number of para-hydroxylation sites is 1. The van der Waals surface area contributed by atoms with Crippen molar-refractivity contribution in [2.45, 2.75) is 45.2 Å². The molecule has 34 heavy (non-hydrogen) atoms. The number of rotatable bonds is 9. The number of hydrogen-bond acceptors (Lipinski definition) is 6. The highest BCUT2D eigenvalue weighted by atomic mass is 32.2. The van der Waals surface area contributed by atoms with Crippen LogP contribution in [0.5, 0.6) is 0 Å². The molecule has 1 atom stereocenters. The predicted octanol–water partition coefficient (Wildman–Crippen LogP) is 2.72. The Labute approximate surface area is 199 Å². The highest BCUT2D eigenvalue weighted by molar-refractivity contribution is 7.89. The molecule has 1 amide bonds. The van der Waals surface area contributed by atoms with E-state index in [0.717, 1.165) is 0 Å². The number of carbonyl (C=O) groups excluding carboxylic acids is 1. The molecule has 9 nitrogen and oxygen atoms in total. The van der Waals surface area contributed by atoms with E-state index in [1.807, 2.05) is 6.07 Å². The van der Waals surface area contributed by atoms with Crippen LogP contribution in [0.4, 0.5) is 5.69 Å². The molecule has 0 saturated carbocycles. The number of benzene rings is 2. The van der Waals surface area contributed by atoms with Crippen molar-refractivity contribution in [1.29, 1.82) is 0 Å². The zero-order valence-corrected chi connectivity index (χ0v) is 20.9. The molecule has 182 valence electrons. The van der Waals surface area contributed by atoms with Crippen molar-refractivity contribution >= 4 is 32.5 Å². The zero-order chi connectivity index (χ0) is 25.0. The molecule has 10 heteroatoms. The second kappa shape index (κ2) is 10.5. The second-order valence-corrected chi connectivity index (χ2v) is 10.1. The number of aryl methyl sites for hydroxylation is 1. The summed E-state index contributed by atoms with van der Waals surface area (Å²) >= 11 is 0. The summed E-state index contributed by atoms with van der Waals surface area (Å²) in [7, 11) is -1.91. The minimum atomic E-state index is -3.66. The minimum absolute atomic E-state index is 0.174. The first kappa shape index (κ1) is 25.5. The van der Waals surface area contributed by atoms with E-state index in [-0.39, 0.29) is 22.9 Å². The number of likely N-dealkylation sites (N-methyl/N-ethyl adjacent to an activating group) is 1. The average molecular weight is 486 g/mol. The van der Waals surface area contributed by atoms with E-state index in [9.17, 15) is 18.0 Å². The average Bonchev–Trinajstić information content (AvgIpc) is 2.80. The van der Waals surface area contributed by atoms with Gasteiger partial charge in [0.2, 0.25) is 15.9 Å². The maximum Gasteiger partial charge on any atom is 0.258 e. The molecular weight excluding hydrogens is 454 g/mol. The molecule has 0 radical (unpaired) electrons. The van der Waals surface area contributed by atoms with E-state index in [2.05, 4.69) is 15.3 Å². The summed E-state index contributed by atoms with van der Waals surface area (Å²) in [6.45, 7) is 8.02. The van der Waals surface area contributed by atoms with Crippen LogP contribution in [0.15, 0.2) is 52.2 Å². The maximum atomic E-state index is 13.0. The van der Waals surface area contributed by atoms with Gasteiger partial charge in [-0.15, -0.1) is 0 Å². The molecular formula is C24H31N5O4S. The number of sulfonamides is 1. The highest BCUT2D eigenvalue weighted by Gasteiger charge is 2.25.